The summed E-state index contributed by atoms with van der Waals surface area (Å²) in [6, 6.07) is 3.58. The van der Waals surface area contributed by atoms with Gasteiger partial charge >= 0.3 is 5.97 Å². The van der Waals surface area contributed by atoms with Gasteiger partial charge in [0.15, 0.2) is 0 Å². The second kappa shape index (κ2) is 6.24. The van der Waals surface area contributed by atoms with E-state index in [1.165, 1.54) is 0 Å². The zero-order chi connectivity index (χ0) is 11.1. The molecule has 1 atom stereocenters. The first-order valence-corrected chi connectivity index (χ1v) is 5.10. The van der Waals surface area contributed by atoms with Gasteiger partial charge in [-0.3, -0.25) is 0 Å². The van der Waals surface area contributed by atoms with E-state index < -0.39 is 5.97 Å². The maximum atomic E-state index is 10.4. The number of ether oxygens (including phenoxy) is 1. The number of furan rings is 1. The van der Waals surface area contributed by atoms with Crippen LogP contribution in [0, 0.1) is 0 Å². The van der Waals surface area contributed by atoms with E-state index in [1.54, 1.807) is 12.3 Å². The standard InChI is InChI=1S/C11H16O4/c1-2-3-5-10(15-8-11(12)13)9-6-4-7-14-9/h4,6-7,10H,2-3,5,8H2,1H3,(H,12,13). The molecule has 1 N–H and O–H groups in total. The second-order valence-electron chi connectivity index (χ2n) is 3.35. The normalized spacial score (nSPS) is 12.6. The average molecular weight is 212 g/mol. The first kappa shape index (κ1) is 11.8. The van der Waals surface area contributed by atoms with E-state index in [2.05, 4.69) is 6.92 Å². The zero-order valence-corrected chi connectivity index (χ0v) is 8.81. The van der Waals surface area contributed by atoms with Gasteiger partial charge in [-0.25, -0.2) is 4.79 Å². The van der Waals surface area contributed by atoms with Gasteiger partial charge in [0.25, 0.3) is 0 Å². The monoisotopic (exact) mass is 212 g/mol. The molecule has 1 unspecified atom stereocenters. The van der Waals surface area contributed by atoms with Gasteiger partial charge in [-0.15, -0.1) is 0 Å². The number of hydrogen-bond acceptors (Lipinski definition) is 3. The minimum atomic E-state index is -0.956. The second-order valence-corrected chi connectivity index (χ2v) is 3.35. The van der Waals surface area contributed by atoms with Crippen LogP contribution in [-0.2, 0) is 9.53 Å². The minimum absolute atomic E-state index is 0.240. The van der Waals surface area contributed by atoms with Gasteiger partial charge in [0.2, 0.25) is 0 Å². The molecule has 0 saturated carbocycles. The third-order valence-corrected chi connectivity index (χ3v) is 2.09. The Hall–Kier alpha value is -1.29. The quantitative estimate of drug-likeness (QED) is 0.754. The molecule has 0 saturated heterocycles. The van der Waals surface area contributed by atoms with Crippen molar-refractivity contribution in [1.82, 2.24) is 0 Å². The fourth-order valence-electron chi connectivity index (χ4n) is 1.34. The molecule has 1 rings (SSSR count). The first-order chi connectivity index (χ1) is 7.24. The van der Waals surface area contributed by atoms with Crippen molar-refractivity contribution in [2.45, 2.75) is 32.3 Å². The number of hydrogen-bond donors (Lipinski definition) is 1. The van der Waals surface area contributed by atoms with Crippen LogP contribution in [0.2, 0.25) is 0 Å². The van der Waals surface area contributed by atoms with Crippen LogP contribution in [0.5, 0.6) is 0 Å². The van der Waals surface area contributed by atoms with Crippen molar-refractivity contribution in [3.63, 3.8) is 0 Å². The topological polar surface area (TPSA) is 59.7 Å². The van der Waals surface area contributed by atoms with Gasteiger partial charge in [-0.05, 0) is 18.6 Å². The Balaban J connectivity index is 2.49. The molecule has 0 radical (unpaired) electrons. The molecule has 4 heteroatoms. The van der Waals surface area contributed by atoms with Crippen molar-refractivity contribution in [3.05, 3.63) is 24.2 Å². The molecule has 0 amide bonds. The van der Waals surface area contributed by atoms with E-state index in [0.29, 0.717) is 5.76 Å². The van der Waals surface area contributed by atoms with Crippen LogP contribution in [0.25, 0.3) is 0 Å². The molecule has 0 bridgehead atoms. The van der Waals surface area contributed by atoms with Gasteiger partial charge in [0.1, 0.15) is 18.5 Å². The number of aliphatic carboxylic acids is 1. The zero-order valence-electron chi connectivity index (χ0n) is 8.81. The molecule has 1 aromatic heterocycles. The Morgan fingerprint density at radius 1 is 1.67 bits per heavy atom. The van der Waals surface area contributed by atoms with E-state index >= 15 is 0 Å². The summed E-state index contributed by atoms with van der Waals surface area (Å²) in [7, 11) is 0. The van der Waals surface area contributed by atoms with Crippen molar-refractivity contribution in [2.75, 3.05) is 6.61 Å². The lowest BCUT2D eigenvalue weighted by atomic mass is 10.1. The SMILES string of the molecule is CCCCC(OCC(=O)O)c1ccco1. The molecule has 84 valence electrons. The highest BCUT2D eigenvalue weighted by Crippen LogP contribution is 2.23. The third kappa shape index (κ3) is 4.16. The molecule has 0 aliphatic carbocycles. The van der Waals surface area contributed by atoms with Crippen molar-refractivity contribution in [1.29, 1.82) is 0 Å². The summed E-state index contributed by atoms with van der Waals surface area (Å²) in [5.41, 5.74) is 0. The third-order valence-electron chi connectivity index (χ3n) is 2.09. The number of carboxylic acid groups (broad SMARTS) is 1. The van der Waals surface area contributed by atoms with Crippen molar-refractivity contribution in [3.8, 4) is 0 Å². The number of rotatable bonds is 7. The van der Waals surface area contributed by atoms with Gasteiger partial charge < -0.3 is 14.3 Å². The van der Waals surface area contributed by atoms with Crippen LogP contribution in [0.4, 0.5) is 0 Å². The van der Waals surface area contributed by atoms with Crippen molar-refractivity contribution in [2.24, 2.45) is 0 Å². The predicted octanol–water partition coefficient (Wildman–Crippen LogP) is 2.61. The van der Waals surface area contributed by atoms with Crippen molar-refractivity contribution < 1.29 is 19.1 Å². The number of carboxylic acids is 1. The molecule has 0 aromatic carbocycles. The van der Waals surface area contributed by atoms with Crippen LogP contribution in [-0.4, -0.2) is 17.7 Å². The summed E-state index contributed by atoms with van der Waals surface area (Å²) in [4.78, 5) is 10.4. The summed E-state index contributed by atoms with van der Waals surface area (Å²) in [6.45, 7) is 1.80. The van der Waals surface area contributed by atoms with E-state index in [9.17, 15) is 4.79 Å². The predicted molar refractivity (Wildman–Crippen MR) is 54.6 cm³/mol. The van der Waals surface area contributed by atoms with Gasteiger partial charge in [-0.2, -0.15) is 0 Å². The van der Waals surface area contributed by atoms with E-state index in [-0.39, 0.29) is 12.7 Å². The fourth-order valence-corrected chi connectivity index (χ4v) is 1.34. The summed E-state index contributed by atoms with van der Waals surface area (Å²) in [5.74, 6) is -0.257. The largest absolute Gasteiger partial charge is 0.480 e. The Kier molecular flexibility index (Phi) is 4.90. The van der Waals surface area contributed by atoms with Crippen LogP contribution < -0.4 is 0 Å². The van der Waals surface area contributed by atoms with Gasteiger partial charge in [-0.1, -0.05) is 19.8 Å². The lowest BCUT2D eigenvalue weighted by molar-refractivity contribution is -0.145. The van der Waals surface area contributed by atoms with Crippen molar-refractivity contribution >= 4 is 5.97 Å². The fraction of sp³-hybridized carbons (Fsp3) is 0.545. The summed E-state index contributed by atoms with van der Waals surface area (Å²) < 4.78 is 10.5. The molecule has 15 heavy (non-hydrogen) atoms. The molecule has 0 aliphatic heterocycles. The summed E-state index contributed by atoms with van der Waals surface area (Å²) >= 11 is 0. The molecular formula is C11H16O4. The minimum Gasteiger partial charge on any atom is -0.480 e. The molecule has 1 heterocycles. The van der Waals surface area contributed by atoms with Crippen LogP contribution >= 0.6 is 0 Å². The Labute approximate surface area is 88.8 Å². The summed E-state index contributed by atoms with van der Waals surface area (Å²) in [6.07, 6.45) is 4.16. The van der Waals surface area contributed by atoms with E-state index in [4.69, 9.17) is 14.3 Å². The van der Waals surface area contributed by atoms with Crippen LogP contribution in [0.3, 0.4) is 0 Å². The highest BCUT2D eigenvalue weighted by molar-refractivity contribution is 5.68. The molecule has 4 nitrogen and oxygen atoms in total. The van der Waals surface area contributed by atoms with E-state index in [1.807, 2.05) is 6.07 Å². The highest BCUT2D eigenvalue weighted by Gasteiger charge is 2.15. The molecule has 1 aromatic rings. The Bertz CT molecular complexity index is 279. The highest BCUT2D eigenvalue weighted by atomic mass is 16.5. The van der Waals surface area contributed by atoms with Crippen LogP contribution in [0.1, 0.15) is 38.1 Å². The molecular weight excluding hydrogens is 196 g/mol. The lowest BCUT2D eigenvalue weighted by Crippen LogP contribution is -2.11. The maximum absolute atomic E-state index is 10.4. The van der Waals surface area contributed by atoms with E-state index in [0.717, 1.165) is 19.3 Å². The number of carbonyl (C=O) groups is 1. The Morgan fingerprint density at radius 2 is 2.47 bits per heavy atom. The lowest BCUT2D eigenvalue weighted by Gasteiger charge is -2.13. The number of unbranched alkanes of at least 4 members (excludes halogenated alkanes) is 1. The molecule has 0 spiro atoms. The van der Waals surface area contributed by atoms with Gasteiger partial charge in [0.05, 0.1) is 6.26 Å². The smallest absolute Gasteiger partial charge is 0.329 e. The maximum Gasteiger partial charge on any atom is 0.329 e. The molecule has 0 fully saturated rings. The first-order valence-electron chi connectivity index (χ1n) is 5.10. The van der Waals surface area contributed by atoms with Gasteiger partial charge in [0, 0.05) is 0 Å². The molecule has 0 aliphatic rings. The Morgan fingerprint density at radius 3 is 3.00 bits per heavy atom. The summed E-state index contributed by atoms with van der Waals surface area (Å²) in [5, 5.41) is 8.53. The average Bonchev–Trinajstić information content (AvgIpc) is 2.71. The van der Waals surface area contributed by atoms with Crippen LogP contribution in [0.15, 0.2) is 22.8 Å².